The molecule has 0 radical (unpaired) electrons. The van der Waals surface area contributed by atoms with Gasteiger partial charge in [0.15, 0.2) is 5.16 Å². The van der Waals surface area contributed by atoms with Gasteiger partial charge >= 0.3 is 0 Å². The molecule has 3 aromatic rings. The molecule has 2 aromatic heterocycles. The van der Waals surface area contributed by atoms with Crippen molar-refractivity contribution in [3.63, 3.8) is 0 Å². The normalized spacial score (nSPS) is 10.6. The first-order valence-corrected chi connectivity index (χ1v) is 8.94. The Balaban J connectivity index is 1.55. The topological polar surface area (TPSA) is 72.7 Å². The maximum Gasteiger partial charge on any atom is 0.230 e. The average Bonchev–Trinajstić information content (AvgIpc) is 3.00. The summed E-state index contributed by atoms with van der Waals surface area (Å²) in [5.41, 5.74) is 2.01. The Morgan fingerprint density at radius 3 is 2.68 bits per heavy atom. The van der Waals surface area contributed by atoms with Crippen LogP contribution in [0, 0.1) is 6.92 Å². The largest absolute Gasteiger partial charge is 0.350 e. The van der Waals surface area contributed by atoms with E-state index in [1.165, 1.54) is 17.3 Å². The minimum atomic E-state index is -0.0532. The predicted octanol–water partition coefficient (Wildman–Crippen LogP) is 2.44. The lowest BCUT2D eigenvalue weighted by molar-refractivity contribution is -0.118. The highest BCUT2D eigenvalue weighted by atomic mass is 32.2. The van der Waals surface area contributed by atoms with E-state index in [2.05, 4.69) is 32.6 Å². The minimum Gasteiger partial charge on any atom is -0.350 e. The van der Waals surface area contributed by atoms with Gasteiger partial charge in [0.1, 0.15) is 5.82 Å². The maximum absolute atomic E-state index is 12.0. The molecule has 3 rings (SSSR count). The van der Waals surface area contributed by atoms with E-state index < -0.39 is 0 Å². The number of hydrogen-bond donors (Lipinski definition) is 1. The van der Waals surface area contributed by atoms with Crippen molar-refractivity contribution in [2.45, 2.75) is 25.2 Å². The van der Waals surface area contributed by atoms with E-state index in [-0.39, 0.29) is 5.91 Å². The van der Waals surface area contributed by atoms with Crippen LogP contribution in [0.3, 0.4) is 0 Å². The number of pyridine rings is 1. The van der Waals surface area contributed by atoms with E-state index in [0.717, 1.165) is 16.7 Å². The van der Waals surface area contributed by atoms with Crippen molar-refractivity contribution in [2.75, 3.05) is 5.75 Å². The Kier molecular flexibility index (Phi) is 5.79. The first kappa shape index (κ1) is 17.2. The summed E-state index contributed by atoms with van der Waals surface area (Å²) in [5.74, 6) is 1.07. The van der Waals surface area contributed by atoms with Gasteiger partial charge in [0, 0.05) is 6.20 Å². The van der Waals surface area contributed by atoms with Crippen molar-refractivity contribution in [1.82, 2.24) is 25.1 Å². The highest BCUT2D eigenvalue weighted by Crippen LogP contribution is 2.18. The van der Waals surface area contributed by atoms with Gasteiger partial charge in [0.2, 0.25) is 5.91 Å². The summed E-state index contributed by atoms with van der Waals surface area (Å²) in [5, 5.41) is 11.9. The lowest BCUT2D eigenvalue weighted by Crippen LogP contribution is -2.25. The zero-order valence-corrected chi connectivity index (χ0v) is 14.7. The van der Waals surface area contributed by atoms with Gasteiger partial charge in [-0.25, -0.2) is 0 Å². The van der Waals surface area contributed by atoms with Gasteiger partial charge in [-0.3, -0.25) is 9.78 Å². The minimum absolute atomic E-state index is 0.0532. The molecule has 0 aliphatic carbocycles. The lowest BCUT2D eigenvalue weighted by Gasteiger charge is -2.08. The summed E-state index contributed by atoms with van der Waals surface area (Å²) in [6.45, 7) is 3.04. The Hall–Kier alpha value is -2.67. The molecule has 0 spiro atoms. The zero-order valence-electron chi connectivity index (χ0n) is 13.9. The molecule has 0 unspecified atom stereocenters. The molecule has 7 heteroatoms. The lowest BCUT2D eigenvalue weighted by atomic mass is 10.2. The van der Waals surface area contributed by atoms with Crippen molar-refractivity contribution in [3.8, 4) is 0 Å². The second-order valence-corrected chi connectivity index (χ2v) is 6.43. The summed E-state index contributed by atoms with van der Waals surface area (Å²) in [6.07, 6.45) is 1.71. The summed E-state index contributed by atoms with van der Waals surface area (Å²) in [7, 11) is 0. The molecule has 0 aliphatic heterocycles. The molecular weight excluding hydrogens is 334 g/mol. The number of rotatable bonds is 7. The number of thioether (sulfide) groups is 1. The summed E-state index contributed by atoms with van der Waals surface area (Å²) < 4.78 is 2.02. The number of aryl methyl sites for hydroxylation is 1. The molecule has 0 saturated heterocycles. The second-order valence-electron chi connectivity index (χ2n) is 5.49. The van der Waals surface area contributed by atoms with Crippen molar-refractivity contribution >= 4 is 17.7 Å². The number of nitrogens with one attached hydrogen (secondary N) is 1. The van der Waals surface area contributed by atoms with E-state index in [4.69, 9.17) is 0 Å². The molecule has 128 valence electrons. The van der Waals surface area contributed by atoms with Crippen LogP contribution in [0.5, 0.6) is 0 Å². The molecule has 0 atom stereocenters. The van der Waals surface area contributed by atoms with Crippen molar-refractivity contribution in [2.24, 2.45) is 0 Å². The summed E-state index contributed by atoms with van der Waals surface area (Å²) in [6, 6.07) is 15.8. The van der Waals surface area contributed by atoms with Crippen LogP contribution in [-0.2, 0) is 17.9 Å². The highest BCUT2D eigenvalue weighted by molar-refractivity contribution is 7.99. The number of hydrogen-bond acceptors (Lipinski definition) is 5. The number of aromatic nitrogens is 4. The Labute approximate surface area is 150 Å². The van der Waals surface area contributed by atoms with Crippen molar-refractivity contribution in [1.29, 1.82) is 0 Å². The van der Waals surface area contributed by atoms with E-state index in [0.29, 0.717) is 18.8 Å². The monoisotopic (exact) mass is 353 g/mol. The third-order valence-corrected chi connectivity index (χ3v) is 4.58. The van der Waals surface area contributed by atoms with E-state index in [1.54, 1.807) is 6.20 Å². The molecule has 0 saturated carbocycles. The number of carbonyl (C=O) groups excluding carboxylic acids is 1. The quantitative estimate of drug-likeness (QED) is 0.661. The fraction of sp³-hybridized carbons (Fsp3) is 0.222. The summed E-state index contributed by atoms with van der Waals surface area (Å²) >= 11 is 1.39. The number of nitrogens with zero attached hydrogens (tertiary/aromatic N) is 4. The van der Waals surface area contributed by atoms with Gasteiger partial charge in [0.05, 0.1) is 24.5 Å². The Morgan fingerprint density at radius 1 is 1.12 bits per heavy atom. The van der Waals surface area contributed by atoms with Crippen LogP contribution in [0.4, 0.5) is 0 Å². The molecule has 25 heavy (non-hydrogen) atoms. The van der Waals surface area contributed by atoms with Gasteiger partial charge in [-0.2, -0.15) is 0 Å². The molecule has 0 aliphatic rings. The predicted molar refractivity (Wildman–Crippen MR) is 97.1 cm³/mol. The van der Waals surface area contributed by atoms with Crippen LogP contribution < -0.4 is 5.32 Å². The van der Waals surface area contributed by atoms with Crippen LogP contribution in [0.2, 0.25) is 0 Å². The average molecular weight is 353 g/mol. The van der Waals surface area contributed by atoms with Crippen LogP contribution in [0.25, 0.3) is 0 Å². The van der Waals surface area contributed by atoms with E-state index in [1.807, 2.05) is 47.9 Å². The Bertz CT molecular complexity index is 820. The third-order valence-electron chi connectivity index (χ3n) is 3.61. The first-order chi connectivity index (χ1) is 12.2. The number of amides is 1. The first-order valence-electron chi connectivity index (χ1n) is 7.95. The van der Waals surface area contributed by atoms with Crippen LogP contribution in [-0.4, -0.2) is 31.4 Å². The van der Waals surface area contributed by atoms with Crippen LogP contribution in [0.15, 0.2) is 59.9 Å². The molecule has 1 amide bonds. The molecule has 2 heterocycles. The third kappa shape index (κ3) is 4.90. The van der Waals surface area contributed by atoms with Crippen molar-refractivity contribution < 1.29 is 4.79 Å². The van der Waals surface area contributed by atoms with Crippen LogP contribution in [0.1, 0.15) is 17.1 Å². The fourth-order valence-corrected chi connectivity index (χ4v) is 3.10. The highest BCUT2D eigenvalue weighted by Gasteiger charge is 2.12. The molecule has 0 bridgehead atoms. The Morgan fingerprint density at radius 2 is 1.92 bits per heavy atom. The maximum atomic E-state index is 12.0. The molecule has 0 fully saturated rings. The number of benzene rings is 1. The standard InChI is InChI=1S/C18H19N5OS/c1-14-21-22-18(23(14)12-15-7-3-2-4-8-15)25-13-17(24)20-11-16-9-5-6-10-19-16/h2-10H,11-13H2,1H3,(H,20,24). The smallest absolute Gasteiger partial charge is 0.230 e. The molecule has 6 nitrogen and oxygen atoms in total. The van der Waals surface area contributed by atoms with E-state index in [9.17, 15) is 4.79 Å². The van der Waals surface area contributed by atoms with Gasteiger partial charge in [-0.05, 0) is 24.6 Å². The van der Waals surface area contributed by atoms with Crippen LogP contribution >= 0.6 is 11.8 Å². The van der Waals surface area contributed by atoms with E-state index >= 15 is 0 Å². The second kappa shape index (κ2) is 8.43. The SMILES string of the molecule is Cc1nnc(SCC(=O)NCc2ccccn2)n1Cc1ccccc1. The zero-order chi connectivity index (χ0) is 17.5. The van der Waals surface area contributed by atoms with Gasteiger partial charge in [0.25, 0.3) is 0 Å². The van der Waals surface area contributed by atoms with Gasteiger partial charge < -0.3 is 9.88 Å². The molecular formula is C18H19N5OS. The molecule has 1 aromatic carbocycles. The van der Waals surface area contributed by atoms with Gasteiger partial charge in [-0.1, -0.05) is 48.2 Å². The van der Waals surface area contributed by atoms with Crippen molar-refractivity contribution in [3.05, 3.63) is 71.8 Å². The fourth-order valence-electron chi connectivity index (χ4n) is 2.29. The number of carbonyl (C=O) groups is 1. The molecule has 1 N–H and O–H groups in total. The van der Waals surface area contributed by atoms with Gasteiger partial charge in [-0.15, -0.1) is 10.2 Å². The summed E-state index contributed by atoms with van der Waals surface area (Å²) in [4.78, 5) is 16.2.